The molecule has 3 heteroatoms. The molecule has 0 radical (unpaired) electrons. The summed E-state index contributed by atoms with van der Waals surface area (Å²) in [6.45, 7) is 3.27. The van der Waals surface area contributed by atoms with Gasteiger partial charge in [0.15, 0.2) is 0 Å². The molecular weight excluding hydrogens is 200 g/mol. The van der Waals surface area contributed by atoms with E-state index in [1.807, 2.05) is 31.2 Å². The van der Waals surface area contributed by atoms with Crippen LogP contribution in [0.3, 0.4) is 0 Å². The largest absolute Gasteiger partial charge is 0.353 e. The van der Waals surface area contributed by atoms with E-state index in [1.54, 1.807) is 12.2 Å². The molecule has 0 atom stereocenters. The van der Waals surface area contributed by atoms with Gasteiger partial charge in [-0.1, -0.05) is 29.8 Å². The molecule has 0 saturated carbocycles. The van der Waals surface area contributed by atoms with E-state index < -0.39 is 0 Å². The molecule has 0 unspecified atom stereocenters. The minimum Gasteiger partial charge on any atom is -0.353 e. The Labute approximate surface area is 96.3 Å². The highest BCUT2D eigenvalue weighted by Crippen LogP contribution is 2.04. The highest BCUT2D eigenvalue weighted by atomic mass is 16.1. The van der Waals surface area contributed by atoms with E-state index in [-0.39, 0.29) is 5.91 Å². The SMILES string of the molecule is Cc1ccc(/C=C/C(=O)NCCCN)cc1. The van der Waals surface area contributed by atoms with Crippen molar-refractivity contribution in [3.05, 3.63) is 41.5 Å². The second-order valence-electron chi connectivity index (χ2n) is 3.68. The maximum Gasteiger partial charge on any atom is 0.243 e. The fraction of sp³-hybridized carbons (Fsp3) is 0.308. The molecule has 0 aromatic heterocycles. The van der Waals surface area contributed by atoms with Crippen molar-refractivity contribution in [2.45, 2.75) is 13.3 Å². The predicted molar refractivity (Wildman–Crippen MR) is 66.9 cm³/mol. The lowest BCUT2D eigenvalue weighted by Gasteiger charge is -1.99. The number of benzene rings is 1. The number of aryl methyl sites for hydroxylation is 1. The van der Waals surface area contributed by atoms with Crippen LogP contribution in [-0.2, 0) is 4.79 Å². The van der Waals surface area contributed by atoms with Crippen molar-refractivity contribution >= 4 is 12.0 Å². The molecule has 0 aliphatic rings. The van der Waals surface area contributed by atoms with Gasteiger partial charge in [0.25, 0.3) is 0 Å². The maximum absolute atomic E-state index is 11.3. The molecule has 0 saturated heterocycles. The van der Waals surface area contributed by atoms with Crippen LogP contribution in [0.5, 0.6) is 0 Å². The number of carbonyl (C=O) groups excluding carboxylic acids is 1. The first-order valence-corrected chi connectivity index (χ1v) is 5.45. The Balaban J connectivity index is 2.41. The van der Waals surface area contributed by atoms with Crippen LogP contribution in [0, 0.1) is 6.92 Å². The zero-order valence-corrected chi connectivity index (χ0v) is 9.57. The van der Waals surface area contributed by atoms with Gasteiger partial charge in [0.2, 0.25) is 5.91 Å². The second-order valence-corrected chi connectivity index (χ2v) is 3.68. The van der Waals surface area contributed by atoms with E-state index in [0.717, 1.165) is 12.0 Å². The monoisotopic (exact) mass is 218 g/mol. The van der Waals surface area contributed by atoms with Gasteiger partial charge in [-0.15, -0.1) is 0 Å². The summed E-state index contributed by atoms with van der Waals surface area (Å²) in [7, 11) is 0. The average Bonchev–Trinajstić information content (AvgIpc) is 2.29. The number of hydrogen-bond donors (Lipinski definition) is 2. The molecular formula is C13H18N2O. The van der Waals surface area contributed by atoms with Gasteiger partial charge < -0.3 is 11.1 Å². The first-order chi connectivity index (χ1) is 7.72. The maximum atomic E-state index is 11.3. The Morgan fingerprint density at radius 1 is 1.38 bits per heavy atom. The highest BCUT2D eigenvalue weighted by Gasteiger charge is 1.93. The van der Waals surface area contributed by atoms with Crippen molar-refractivity contribution in [3.63, 3.8) is 0 Å². The molecule has 86 valence electrons. The van der Waals surface area contributed by atoms with Gasteiger partial charge in [-0.25, -0.2) is 0 Å². The van der Waals surface area contributed by atoms with Gasteiger partial charge in [0.1, 0.15) is 0 Å². The molecule has 16 heavy (non-hydrogen) atoms. The summed E-state index contributed by atoms with van der Waals surface area (Å²) in [5.41, 5.74) is 7.56. The Bertz CT molecular complexity index is 355. The molecule has 0 aliphatic carbocycles. The van der Waals surface area contributed by atoms with E-state index in [2.05, 4.69) is 5.32 Å². The van der Waals surface area contributed by atoms with Crippen LogP contribution in [0.25, 0.3) is 6.08 Å². The van der Waals surface area contributed by atoms with Gasteiger partial charge in [0.05, 0.1) is 0 Å². The number of amides is 1. The number of carbonyl (C=O) groups is 1. The van der Waals surface area contributed by atoms with Crippen molar-refractivity contribution in [1.82, 2.24) is 5.32 Å². The number of hydrogen-bond acceptors (Lipinski definition) is 2. The number of nitrogens with two attached hydrogens (primary N) is 1. The van der Waals surface area contributed by atoms with Gasteiger partial charge in [-0.2, -0.15) is 0 Å². The third-order valence-electron chi connectivity index (χ3n) is 2.18. The molecule has 0 spiro atoms. The molecule has 0 bridgehead atoms. The molecule has 1 aromatic carbocycles. The van der Waals surface area contributed by atoms with Crippen LogP contribution >= 0.6 is 0 Å². The van der Waals surface area contributed by atoms with Gasteiger partial charge in [-0.05, 0) is 31.5 Å². The van der Waals surface area contributed by atoms with Crippen LogP contribution in [0.1, 0.15) is 17.5 Å². The third kappa shape index (κ3) is 4.75. The average molecular weight is 218 g/mol. The summed E-state index contributed by atoms with van der Waals surface area (Å²) in [6.07, 6.45) is 4.16. The van der Waals surface area contributed by atoms with Gasteiger partial charge in [-0.3, -0.25) is 4.79 Å². The number of rotatable bonds is 5. The minimum atomic E-state index is -0.0750. The summed E-state index contributed by atoms with van der Waals surface area (Å²) in [5.74, 6) is -0.0750. The molecule has 0 fully saturated rings. The van der Waals surface area contributed by atoms with Crippen molar-refractivity contribution in [3.8, 4) is 0 Å². The zero-order valence-electron chi connectivity index (χ0n) is 9.57. The van der Waals surface area contributed by atoms with Crippen LogP contribution < -0.4 is 11.1 Å². The van der Waals surface area contributed by atoms with E-state index in [1.165, 1.54) is 5.56 Å². The molecule has 3 N–H and O–H groups in total. The Hall–Kier alpha value is -1.61. The second kappa shape index (κ2) is 6.80. The minimum absolute atomic E-state index is 0.0750. The van der Waals surface area contributed by atoms with Gasteiger partial charge in [0, 0.05) is 12.6 Å². The molecule has 1 rings (SSSR count). The molecule has 0 heterocycles. The quantitative estimate of drug-likeness (QED) is 0.581. The predicted octanol–water partition coefficient (Wildman–Crippen LogP) is 1.47. The molecule has 0 aliphatic heterocycles. The normalized spacial score (nSPS) is 10.6. The van der Waals surface area contributed by atoms with E-state index in [9.17, 15) is 4.79 Å². The lowest BCUT2D eigenvalue weighted by Crippen LogP contribution is -2.23. The van der Waals surface area contributed by atoms with Crippen LogP contribution in [0.15, 0.2) is 30.3 Å². The summed E-state index contributed by atoms with van der Waals surface area (Å²) in [6, 6.07) is 8.01. The summed E-state index contributed by atoms with van der Waals surface area (Å²) in [4.78, 5) is 11.3. The summed E-state index contributed by atoms with van der Waals surface area (Å²) < 4.78 is 0. The van der Waals surface area contributed by atoms with Crippen LogP contribution in [0.2, 0.25) is 0 Å². The first kappa shape index (κ1) is 12.5. The zero-order chi connectivity index (χ0) is 11.8. The van der Waals surface area contributed by atoms with E-state index in [0.29, 0.717) is 13.1 Å². The Kier molecular flexibility index (Phi) is 5.29. The van der Waals surface area contributed by atoms with Crippen molar-refractivity contribution in [2.75, 3.05) is 13.1 Å². The molecule has 3 nitrogen and oxygen atoms in total. The van der Waals surface area contributed by atoms with Crippen molar-refractivity contribution < 1.29 is 4.79 Å². The molecule has 1 amide bonds. The smallest absolute Gasteiger partial charge is 0.243 e. The van der Waals surface area contributed by atoms with E-state index >= 15 is 0 Å². The Morgan fingerprint density at radius 2 is 2.06 bits per heavy atom. The summed E-state index contributed by atoms with van der Waals surface area (Å²) in [5, 5.41) is 2.76. The van der Waals surface area contributed by atoms with Crippen molar-refractivity contribution in [1.29, 1.82) is 0 Å². The van der Waals surface area contributed by atoms with Crippen molar-refractivity contribution in [2.24, 2.45) is 5.73 Å². The number of nitrogens with one attached hydrogen (secondary N) is 1. The fourth-order valence-corrected chi connectivity index (χ4v) is 1.22. The third-order valence-corrected chi connectivity index (χ3v) is 2.18. The lowest BCUT2D eigenvalue weighted by atomic mass is 10.1. The summed E-state index contributed by atoms with van der Waals surface area (Å²) >= 11 is 0. The standard InChI is InChI=1S/C13H18N2O/c1-11-3-5-12(6-4-11)7-8-13(16)15-10-2-9-14/h3-8H,2,9-10,14H2,1H3,(H,15,16)/b8-7+. The molecule has 1 aromatic rings. The van der Waals surface area contributed by atoms with Crippen LogP contribution in [-0.4, -0.2) is 19.0 Å². The van der Waals surface area contributed by atoms with E-state index in [4.69, 9.17) is 5.73 Å². The van der Waals surface area contributed by atoms with Gasteiger partial charge >= 0.3 is 0 Å². The Morgan fingerprint density at radius 3 is 2.69 bits per heavy atom. The fourth-order valence-electron chi connectivity index (χ4n) is 1.22. The highest BCUT2D eigenvalue weighted by molar-refractivity contribution is 5.91. The van der Waals surface area contributed by atoms with Crippen LogP contribution in [0.4, 0.5) is 0 Å². The lowest BCUT2D eigenvalue weighted by molar-refractivity contribution is -0.116. The first-order valence-electron chi connectivity index (χ1n) is 5.45. The topological polar surface area (TPSA) is 55.1 Å².